The number of rotatable bonds is 14. The second-order valence-corrected chi connectivity index (χ2v) is 10.7. The Morgan fingerprint density at radius 3 is 2.33 bits per heavy atom. The molecule has 8 nitrogen and oxygen atoms in total. The summed E-state index contributed by atoms with van der Waals surface area (Å²) in [6.07, 6.45) is 2.33. The molecular weight excluding hydrogens is 478 g/mol. The molecule has 0 aromatic heterocycles. The summed E-state index contributed by atoms with van der Waals surface area (Å²) in [4.78, 5) is 27.6. The predicted molar refractivity (Wildman–Crippen MR) is 144 cm³/mol. The normalized spacial score (nSPS) is 12.0. The van der Waals surface area contributed by atoms with E-state index in [9.17, 15) is 18.0 Å². The molecule has 2 amide bonds. The first-order chi connectivity index (χ1) is 17.1. The van der Waals surface area contributed by atoms with Gasteiger partial charge in [0, 0.05) is 26.1 Å². The summed E-state index contributed by atoms with van der Waals surface area (Å²) < 4.78 is 32.1. The molecule has 2 aromatic carbocycles. The Morgan fingerprint density at radius 1 is 1.06 bits per heavy atom. The Balaban J connectivity index is 2.18. The Labute approximate surface area is 215 Å². The summed E-state index contributed by atoms with van der Waals surface area (Å²) in [7, 11) is -3.61. The van der Waals surface area contributed by atoms with Gasteiger partial charge in [0.1, 0.15) is 11.8 Å². The number of aryl methyl sites for hydroxylation is 1. The molecule has 0 unspecified atom stereocenters. The molecule has 0 bridgehead atoms. The van der Waals surface area contributed by atoms with Crippen molar-refractivity contribution in [2.75, 3.05) is 30.3 Å². The number of anilines is 1. The molecule has 0 saturated heterocycles. The fraction of sp³-hybridized carbons (Fsp3) is 0.481. The standard InChI is InChI=1S/C27H39N3O5S/c1-6-18-28-27(32)22(4)29(20-23-16-14-21(3)15-17-23)26(31)13-10-19-30(36(5,33)34)24-11-8-9-12-25(24)35-7-2/h8-9,11-12,14-17,22H,6-7,10,13,18-20H2,1-5H3,(H,28,32)/t22-/m1/s1. The molecule has 0 fully saturated rings. The largest absolute Gasteiger partial charge is 0.492 e. The van der Waals surface area contributed by atoms with Crippen molar-refractivity contribution in [3.8, 4) is 5.75 Å². The van der Waals surface area contributed by atoms with E-state index in [1.54, 1.807) is 36.1 Å². The number of carbonyl (C=O) groups excluding carboxylic acids is 2. The second kappa shape index (κ2) is 13.9. The highest BCUT2D eigenvalue weighted by molar-refractivity contribution is 7.92. The van der Waals surface area contributed by atoms with E-state index in [2.05, 4.69) is 5.32 Å². The van der Waals surface area contributed by atoms with E-state index >= 15 is 0 Å². The summed E-state index contributed by atoms with van der Waals surface area (Å²) in [6, 6.07) is 14.1. The number of carbonyl (C=O) groups is 2. The van der Waals surface area contributed by atoms with Crippen LogP contribution in [0.3, 0.4) is 0 Å². The van der Waals surface area contributed by atoms with Gasteiger partial charge in [-0.15, -0.1) is 0 Å². The minimum absolute atomic E-state index is 0.0973. The maximum Gasteiger partial charge on any atom is 0.242 e. The molecule has 1 N–H and O–H groups in total. The van der Waals surface area contributed by atoms with Gasteiger partial charge in [0.25, 0.3) is 0 Å². The van der Waals surface area contributed by atoms with E-state index in [-0.39, 0.29) is 24.8 Å². The van der Waals surface area contributed by atoms with E-state index < -0.39 is 16.1 Å². The molecule has 0 radical (unpaired) electrons. The van der Waals surface area contributed by atoms with Crippen LogP contribution >= 0.6 is 0 Å². The quantitative estimate of drug-likeness (QED) is 0.410. The van der Waals surface area contributed by atoms with Crippen LogP contribution in [0.2, 0.25) is 0 Å². The molecular formula is C27H39N3O5S. The minimum atomic E-state index is -3.61. The second-order valence-electron chi connectivity index (χ2n) is 8.81. The van der Waals surface area contributed by atoms with Crippen LogP contribution in [0.25, 0.3) is 0 Å². The van der Waals surface area contributed by atoms with Crippen LogP contribution in [0, 0.1) is 6.92 Å². The van der Waals surface area contributed by atoms with Gasteiger partial charge in [-0.2, -0.15) is 0 Å². The van der Waals surface area contributed by atoms with Crippen molar-refractivity contribution in [2.24, 2.45) is 0 Å². The van der Waals surface area contributed by atoms with E-state index in [1.165, 1.54) is 4.31 Å². The van der Waals surface area contributed by atoms with Gasteiger partial charge in [0.15, 0.2) is 0 Å². The highest BCUT2D eigenvalue weighted by atomic mass is 32.2. The molecule has 0 aliphatic heterocycles. The fourth-order valence-corrected chi connectivity index (χ4v) is 4.76. The number of nitrogens with one attached hydrogen (secondary N) is 1. The Kier molecular flexibility index (Phi) is 11.2. The van der Waals surface area contributed by atoms with Crippen LogP contribution in [-0.4, -0.2) is 57.1 Å². The summed E-state index contributed by atoms with van der Waals surface area (Å²) in [5.74, 6) is 0.0564. The number of sulfonamides is 1. The number of hydrogen-bond acceptors (Lipinski definition) is 5. The molecule has 2 rings (SSSR count). The highest BCUT2D eigenvalue weighted by Gasteiger charge is 2.27. The molecule has 198 valence electrons. The van der Waals surface area contributed by atoms with Crippen molar-refractivity contribution in [3.63, 3.8) is 0 Å². The monoisotopic (exact) mass is 517 g/mol. The van der Waals surface area contributed by atoms with Gasteiger partial charge in [-0.25, -0.2) is 8.42 Å². The molecule has 0 aliphatic carbocycles. The molecule has 0 spiro atoms. The van der Waals surface area contributed by atoms with E-state index in [4.69, 9.17) is 4.74 Å². The summed E-state index contributed by atoms with van der Waals surface area (Å²) >= 11 is 0. The maximum absolute atomic E-state index is 13.3. The lowest BCUT2D eigenvalue weighted by atomic mass is 10.1. The molecule has 2 aromatic rings. The Bertz CT molecular complexity index is 1100. The Morgan fingerprint density at radius 2 is 1.72 bits per heavy atom. The zero-order valence-electron chi connectivity index (χ0n) is 22.0. The van der Waals surface area contributed by atoms with Gasteiger partial charge >= 0.3 is 0 Å². The molecule has 0 heterocycles. The molecule has 0 aliphatic rings. The summed E-state index contributed by atoms with van der Waals surface area (Å²) in [5, 5.41) is 2.86. The molecule has 9 heteroatoms. The van der Waals surface area contributed by atoms with Crippen molar-refractivity contribution in [1.82, 2.24) is 10.2 Å². The fourth-order valence-electron chi connectivity index (χ4n) is 3.79. The van der Waals surface area contributed by atoms with Crippen LogP contribution in [-0.2, 0) is 26.2 Å². The topological polar surface area (TPSA) is 96.0 Å². The van der Waals surface area contributed by atoms with Crippen LogP contribution < -0.4 is 14.4 Å². The van der Waals surface area contributed by atoms with Gasteiger partial charge in [0.2, 0.25) is 21.8 Å². The van der Waals surface area contributed by atoms with Gasteiger partial charge < -0.3 is 15.0 Å². The Hall–Kier alpha value is -3.07. The summed E-state index contributed by atoms with van der Waals surface area (Å²) in [5.41, 5.74) is 2.48. The van der Waals surface area contributed by atoms with Crippen molar-refractivity contribution < 1.29 is 22.7 Å². The third-order valence-corrected chi connectivity index (χ3v) is 6.96. The number of amides is 2. The predicted octanol–water partition coefficient (Wildman–Crippen LogP) is 3.88. The average Bonchev–Trinajstić information content (AvgIpc) is 2.84. The first kappa shape index (κ1) is 29.2. The summed E-state index contributed by atoms with van der Waals surface area (Å²) in [6.45, 7) is 8.87. The lowest BCUT2D eigenvalue weighted by Gasteiger charge is -2.29. The SMILES string of the molecule is CCCNC(=O)[C@@H](C)N(Cc1ccc(C)cc1)C(=O)CCCN(c1ccccc1OCC)S(C)(=O)=O. The number of ether oxygens (including phenoxy) is 1. The third-order valence-electron chi connectivity index (χ3n) is 5.78. The zero-order valence-corrected chi connectivity index (χ0v) is 22.8. The van der Waals surface area contributed by atoms with Gasteiger partial charge in [0.05, 0.1) is 18.6 Å². The number of benzene rings is 2. The lowest BCUT2D eigenvalue weighted by Crippen LogP contribution is -2.47. The van der Waals surface area contributed by atoms with Crippen molar-refractivity contribution in [2.45, 2.75) is 59.5 Å². The van der Waals surface area contributed by atoms with E-state index in [0.29, 0.717) is 37.6 Å². The lowest BCUT2D eigenvalue weighted by molar-refractivity contribution is -0.140. The van der Waals surface area contributed by atoms with Gasteiger partial charge in [-0.05, 0) is 51.3 Å². The van der Waals surface area contributed by atoms with Crippen molar-refractivity contribution >= 4 is 27.5 Å². The van der Waals surface area contributed by atoms with Crippen molar-refractivity contribution in [1.29, 1.82) is 0 Å². The van der Waals surface area contributed by atoms with Gasteiger partial charge in [-0.1, -0.05) is 48.9 Å². The maximum atomic E-state index is 13.3. The first-order valence-corrected chi connectivity index (χ1v) is 14.3. The minimum Gasteiger partial charge on any atom is -0.492 e. The smallest absolute Gasteiger partial charge is 0.242 e. The van der Waals surface area contributed by atoms with Crippen molar-refractivity contribution in [3.05, 3.63) is 59.7 Å². The highest BCUT2D eigenvalue weighted by Crippen LogP contribution is 2.30. The van der Waals surface area contributed by atoms with E-state index in [1.807, 2.05) is 45.0 Å². The van der Waals surface area contributed by atoms with E-state index in [0.717, 1.165) is 23.8 Å². The average molecular weight is 518 g/mol. The zero-order chi connectivity index (χ0) is 26.7. The molecule has 1 atom stereocenters. The number of hydrogen-bond donors (Lipinski definition) is 1. The molecule has 36 heavy (non-hydrogen) atoms. The first-order valence-electron chi connectivity index (χ1n) is 12.4. The number of para-hydroxylation sites is 2. The van der Waals surface area contributed by atoms with Crippen LogP contribution in [0.5, 0.6) is 5.75 Å². The van der Waals surface area contributed by atoms with Crippen LogP contribution in [0.15, 0.2) is 48.5 Å². The van der Waals surface area contributed by atoms with Crippen LogP contribution in [0.4, 0.5) is 5.69 Å². The van der Waals surface area contributed by atoms with Gasteiger partial charge in [-0.3, -0.25) is 13.9 Å². The number of nitrogens with zero attached hydrogens (tertiary/aromatic N) is 2. The molecule has 0 saturated carbocycles. The third kappa shape index (κ3) is 8.55. The van der Waals surface area contributed by atoms with Crippen LogP contribution in [0.1, 0.15) is 51.2 Å².